The predicted octanol–water partition coefficient (Wildman–Crippen LogP) is 0.152. The second-order valence-electron chi connectivity index (χ2n) is 2.32. The van der Waals surface area contributed by atoms with Gasteiger partial charge in [0.1, 0.15) is 0 Å². The lowest BCUT2D eigenvalue weighted by Gasteiger charge is -1.87. The molecule has 0 aliphatic carbocycles. The molecule has 0 unspecified atom stereocenters. The summed E-state index contributed by atoms with van der Waals surface area (Å²) in [6, 6.07) is 0. The molecule has 0 radical (unpaired) electrons. The van der Waals surface area contributed by atoms with Crippen LogP contribution in [0, 0.1) is 0 Å². The number of aryl methyl sites for hydroxylation is 1. The molecule has 1 heterocycles. The lowest BCUT2D eigenvalue weighted by Crippen LogP contribution is -2.20. The molecule has 4 heteroatoms. The van der Waals surface area contributed by atoms with Crippen LogP contribution in [0.4, 0.5) is 0 Å². The molecule has 0 aliphatic heterocycles. The van der Waals surface area contributed by atoms with Crippen molar-refractivity contribution in [2.75, 3.05) is 0 Å². The Labute approximate surface area is 64.8 Å². The molecule has 0 spiro atoms. The Morgan fingerprint density at radius 2 is 2.09 bits per heavy atom. The van der Waals surface area contributed by atoms with E-state index in [1.54, 1.807) is 20.2 Å². The Balaban J connectivity index is 3.30. The number of rotatable bonds is 1. The fourth-order valence-corrected chi connectivity index (χ4v) is 0.873. The van der Waals surface area contributed by atoms with Gasteiger partial charge in [0.05, 0.1) is 0 Å². The van der Waals surface area contributed by atoms with Crippen molar-refractivity contribution in [2.45, 2.75) is 6.92 Å². The van der Waals surface area contributed by atoms with E-state index < -0.39 is 0 Å². The van der Waals surface area contributed by atoms with E-state index in [1.165, 1.54) is 9.25 Å². The van der Waals surface area contributed by atoms with Gasteiger partial charge in [-0.25, -0.2) is 9.48 Å². The largest absolute Gasteiger partial charge is 0.345 e. The Morgan fingerprint density at radius 1 is 1.45 bits per heavy atom. The van der Waals surface area contributed by atoms with Gasteiger partial charge in [0.15, 0.2) is 5.82 Å². The molecule has 0 fully saturated rings. The maximum atomic E-state index is 11.1. The molecule has 1 aromatic rings. The number of aromatic nitrogens is 3. The molecule has 11 heavy (non-hydrogen) atoms. The van der Waals surface area contributed by atoms with Gasteiger partial charge in [0.25, 0.3) is 0 Å². The first kappa shape index (κ1) is 7.78. The van der Waals surface area contributed by atoms with Crippen LogP contribution in [0.5, 0.6) is 0 Å². The summed E-state index contributed by atoms with van der Waals surface area (Å²) < 4.78 is 2.81. The van der Waals surface area contributed by atoms with Crippen molar-refractivity contribution in [3.63, 3.8) is 0 Å². The summed E-state index contributed by atoms with van der Waals surface area (Å²) in [5.74, 6) is 0.681. The number of hydrogen-bond acceptors (Lipinski definition) is 2. The normalized spacial score (nSPS) is 11.2. The van der Waals surface area contributed by atoms with E-state index in [0.717, 1.165) is 0 Å². The van der Waals surface area contributed by atoms with Crippen molar-refractivity contribution in [3.05, 3.63) is 22.4 Å². The zero-order valence-corrected chi connectivity index (χ0v) is 6.90. The molecule has 0 saturated heterocycles. The van der Waals surface area contributed by atoms with E-state index in [4.69, 9.17) is 0 Å². The van der Waals surface area contributed by atoms with Crippen molar-refractivity contribution in [3.8, 4) is 0 Å². The topological polar surface area (TPSA) is 39.8 Å². The molecule has 0 atom stereocenters. The number of allylic oxidation sites excluding steroid dienone is 1. The summed E-state index contributed by atoms with van der Waals surface area (Å²) in [4.78, 5) is 11.1. The van der Waals surface area contributed by atoms with E-state index in [0.29, 0.717) is 5.82 Å². The van der Waals surface area contributed by atoms with E-state index >= 15 is 0 Å². The highest BCUT2D eigenvalue weighted by Crippen LogP contribution is 1.91. The molecule has 1 rings (SSSR count). The Kier molecular flexibility index (Phi) is 1.94. The van der Waals surface area contributed by atoms with Crippen LogP contribution in [-0.4, -0.2) is 14.3 Å². The smallest absolute Gasteiger partial charge is 0.279 e. The number of nitrogens with zero attached hydrogens (tertiary/aromatic N) is 3. The lowest BCUT2D eigenvalue weighted by molar-refractivity contribution is 0.714. The van der Waals surface area contributed by atoms with Crippen LogP contribution in [0.2, 0.25) is 0 Å². The minimum absolute atomic E-state index is 0.0990. The minimum atomic E-state index is -0.0990. The zero-order valence-electron chi connectivity index (χ0n) is 6.90. The second-order valence-corrected chi connectivity index (χ2v) is 2.32. The predicted molar refractivity (Wildman–Crippen MR) is 43.2 cm³/mol. The molecule has 1 aromatic heterocycles. The van der Waals surface area contributed by atoms with Crippen molar-refractivity contribution in [1.82, 2.24) is 14.3 Å². The third kappa shape index (κ3) is 1.24. The third-order valence-corrected chi connectivity index (χ3v) is 1.48. The first-order chi connectivity index (χ1) is 5.16. The zero-order chi connectivity index (χ0) is 8.43. The Hall–Kier alpha value is -1.32. The SMILES string of the molecule is CC=Cc1nn(C)c(=O)n1C. The molecule has 0 bridgehead atoms. The van der Waals surface area contributed by atoms with Gasteiger partial charge < -0.3 is 0 Å². The summed E-state index contributed by atoms with van der Waals surface area (Å²) in [5.41, 5.74) is -0.0990. The highest BCUT2D eigenvalue weighted by atomic mass is 16.2. The fraction of sp³-hybridized carbons (Fsp3) is 0.429. The van der Waals surface area contributed by atoms with E-state index in [-0.39, 0.29) is 5.69 Å². The molecule has 60 valence electrons. The van der Waals surface area contributed by atoms with Gasteiger partial charge in [0, 0.05) is 14.1 Å². The monoisotopic (exact) mass is 153 g/mol. The summed E-state index contributed by atoms with van der Waals surface area (Å²) in [6.07, 6.45) is 3.64. The van der Waals surface area contributed by atoms with Gasteiger partial charge in [-0.1, -0.05) is 6.08 Å². The van der Waals surface area contributed by atoms with Crippen molar-refractivity contribution in [2.24, 2.45) is 14.1 Å². The molecular formula is C7H11N3O. The Bertz CT molecular complexity index is 332. The minimum Gasteiger partial charge on any atom is -0.279 e. The van der Waals surface area contributed by atoms with Gasteiger partial charge in [-0.3, -0.25) is 4.57 Å². The quantitative estimate of drug-likeness (QED) is 0.576. The van der Waals surface area contributed by atoms with Gasteiger partial charge in [-0.05, 0) is 13.0 Å². The van der Waals surface area contributed by atoms with Crippen molar-refractivity contribution in [1.29, 1.82) is 0 Å². The highest BCUT2D eigenvalue weighted by molar-refractivity contribution is 5.38. The molecular weight excluding hydrogens is 142 g/mol. The van der Waals surface area contributed by atoms with Crippen LogP contribution in [0.25, 0.3) is 6.08 Å². The summed E-state index contributed by atoms with van der Waals surface area (Å²) in [6.45, 7) is 1.89. The van der Waals surface area contributed by atoms with E-state index in [1.807, 2.05) is 13.0 Å². The molecule has 0 N–H and O–H groups in total. The first-order valence-electron chi connectivity index (χ1n) is 3.39. The molecule has 4 nitrogen and oxygen atoms in total. The molecule has 0 saturated carbocycles. The van der Waals surface area contributed by atoms with Gasteiger partial charge in [0.2, 0.25) is 0 Å². The maximum absolute atomic E-state index is 11.1. The van der Waals surface area contributed by atoms with Gasteiger partial charge in [-0.2, -0.15) is 5.10 Å². The molecule has 0 aliphatic rings. The number of hydrogen-bond donors (Lipinski definition) is 0. The molecule has 0 aromatic carbocycles. The van der Waals surface area contributed by atoms with Crippen LogP contribution in [-0.2, 0) is 14.1 Å². The summed E-state index contributed by atoms with van der Waals surface area (Å²) in [7, 11) is 3.33. The van der Waals surface area contributed by atoms with Gasteiger partial charge in [-0.15, -0.1) is 0 Å². The first-order valence-corrected chi connectivity index (χ1v) is 3.39. The van der Waals surface area contributed by atoms with Crippen molar-refractivity contribution >= 4 is 6.08 Å². The van der Waals surface area contributed by atoms with Crippen molar-refractivity contribution < 1.29 is 0 Å². The highest BCUT2D eigenvalue weighted by Gasteiger charge is 2.01. The van der Waals surface area contributed by atoms with Gasteiger partial charge >= 0.3 is 5.69 Å². The lowest BCUT2D eigenvalue weighted by atomic mass is 10.5. The average Bonchev–Trinajstić information content (AvgIpc) is 2.19. The Morgan fingerprint density at radius 3 is 2.45 bits per heavy atom. The summed E-state index contributed by atoms with van der Waals surface area (Å²) >= 11 is 0. The van der Waals surface area contributed by atoms with Crippen LogP contribution >= 0.6 is 0 Å². The average molecular weight is 153 g/mol. The summed E-state index contributed by atoms with van der Waals surface area (Å²) in [5, 5.41) is 3.98. The second kappa shape index (κ2) is 2.74. The van der Waals surface area contributed by atoms with Crippen LogP contribution in [0.15, 0.2) is 10.9 Å². The molecule has 0 amide bonds. The maximum Gasteiger partial charge on any atom is 0.345 e. The van der Waals surface area contributed by atoms with E-state index in [9.17, 15) is 4.79 Å². The fourth-order valence-electron chi connectivity index (χ4n) is 0.873. The van der Waals surface area contributed by atoms with Crippen LogP contribution in [0.1, 0.15) is 12.7 Å². The standard InChI is InChI=1S/C7H11N3O/c1-4-5-6-8-10(3)7(11)9(6)2/h4-5H,1-3H3. The van der Waals surface area contributed by atoms with Crippen LogP contribution < -0.4 is 5.69 Å². The third-order valence-electron chi connectivity index (χ3n) is 1.48. The van der Waals surface area contributed by atoms with E-state index in [2.05, 4.69) is 5.10 Å². The van der Waals surface area contributed by atoms with Crippen LogP contribution in [0.3, 0.4) is 0 Å².